The van der Waals surface area contributed by atoms with Crippen LogP contribution in [0.1, 0.15) is 41.6 Å². The first kappa shape index (κ1) is 20.3. The molecule has 2 saturated heterocycles. The number of hydrogen-bond donors (Lipinski definition) is 0. The SMILES string of the molecule is COC(=O)c1cccc(CN2CCN(S(=O)(=O)N3CCCCCC3)CC2)c1. The summed E-state index contributed by atoms with van der Waals surface area (Å²) in [5.41, 5.74) is 1.57. The second-order valence-electron chi connectivity index (χ2n) is 7.19. The summed E-state index contributed by atoms with van der Waals surface area (Å²) in [6.07, 6.45) is 4.14. The van der Waals surface area contributed by atoms with Crippen LogP contribution in [0.4, 0.5) is 0 Å². The van der Waals surface area contributed by atoms with Gasteiger partial charge in [-0.25, -0.2) is 4.79 Å². The molecule has 0 atom stereocenters. The molecule has 0 unspecified atom stereocenters. The van der Waals surface area contributed by atoms with E-state index in [-0.39, 0.29) is 5.97 Å². The summed E-state index contributed by atoms with van der Waals surface area (Å²) in [6.45, 7) is 4.38. The number of ether oxygens (including phenoxy) is 1. The van der Waals surface area contributed by atoms with Crippen molar-refractivity contribution in [1.29, 1.82) is 0 Å². The van der Waals surface area contributed by atoms with Gasteiger partial charge in [-0.1, -0.05) is 25.0 Å². The van der Waals surface area contributed by atoms with Crippen LogP contribution in [-0.4, -0.2) is 74.3 Å². The van der Waals surface area contributed by atoms with Gasteiger partial charge in [0.25, 0.3) is 10.2 Å². The van der Waals surface area contributed by atoms with Crippen LogP contribution in [0, 0.1) is 0 Å². The third-order valence-corrected chi connectivity index (χ3v) is 7.34. The highest BCUT2D eigenvalue weighted by molar-refractivity contribution is 7.86. The van der Waals surface area contributed by atoms with Crippen LogP contribution in [-0.2, 0) is 21.5 Å². The van der Waals surface area contributed by atoms with Crippen LogP contribution in [0.2, 0.25) is 0 Å². The number of esters is 1. The number of hydrogen-bond acceptors (Lipinski definition) is 5. The van der Waals surface area contributed by atoms with E-state index in [0.29, 0.717) is 51.4 Å². The van der Waals surface area contributed by atoms with E-state index < -0.39 is 10.2 Å². The molecular formula is C19H29N3O4S. The number of methoxy groups -OCH3 is 1. The summed E-state index contributed by atoms with van der Waals surface area (Å²) in [5.74, 6) is -0.342. The monoisotopic (exact) mass is 395 g/mol. The van der Waals surface area contributed by atoms with E-state index in [9.17, 15) is 13.2 Å². The molecule has 0 amide bonds. The summed E-state index contributed by atoms with van der Waals surface area (Å²) < 4.78 is 33.8. The molecule has 8 heteroatoms. The maximum absolute atomic E-state index is 12.9. The predicted octanol–water partition coefficient (Wildman–Crippen LogP) is 1.71. The van der Waals surface area contributed by atoms with Gasteiger partial charge in [0.15, 0.2) is 0 Å². The average molecular weight is 396 g/mol. The lowest BCUT2D eigenvalue weighted by atomic mass is 10.1. The summed E-state index contributed by atoms with van der Waals surface area (Å²) in [7, 11) is -1.97. The zero-order valence-corrected chi connectivity index (χ0v) is 16.8. The Balaban J connectivity index is 1.56. The Labute approximate surface area is 162 Å². The zero-order valence-electron chi connectivity index (χ0n) is 16.0. The van der Waals surface area contributed by atoms with Crippen LogP contribution in [0.15, 0.2) is 24.3 Å². The van der Waals surface area contributed by atoms with Gasteiger partial charge in [-0.05, 0) is 30.5 Å². The fraction of sp³-hybridized carbons (Fsp3) is 0.632. The Kier molecular flexibility index (Phi) is 6.86. The summed E-state index contributed by atoms with van der Waals surface area (Å²) in [5, 5.41) is 0. The molecule has 0 spiro atoms. The van der Waals surface area contributed by atoms with E-state index in [4.69, 9.17) is 4.74 Å². The van der Waals surface area contributed by atoms with Gasteiger partial charge < -0.3 is 4.74 Å². The molecule has 0 saturated carbocycles. The molecule has 0 aliphatic carbocycles. The number of piperazine rings is 1. The van der Waals surface area contributed by atoms with Crippen molar-refractivity contribution in [3.05, 3.63) is 35.4 Å². The van der Waals surface area contributed by atoms with Crippen LogP contribution in [0.3, 0.4) is 0 Å². The lowest BCUT2D eigenvalue weighted by molar-refractivity contribution is 0.0600. The Morgan fingerprint density at radius 2 is 1.59 bits per heavy atom. The highest BCUT2D eigenvalue weighted by Crippen LogP contribution is 2.19. The van der Waals surface area contributed by atoms with Gasteiger partial charge in [0.05, 0.1) is 12.7 Å². The number of benzene rings is 1. The minimum atomic E-state index is -3.35. The third kappa shape index (κ3) is 5.07. The first-order valence-corrected chi connectivity index (χ1v) is 11.1. The molecule has 2 aliphatic heterocycles. The van der Waals surface area contributed by atoms with Crippen LogP contribution in [0.25, 0.3) is 0 Å². The van der Waals surface area contributed by atoms with Crippen LogP contribution >= 0.6 is 0 Å². The van der Waals surface area contributed by atoms with Gasteiger partial charge in [0.2, 0.25) is 0 Å². The minimum absolute atomic E-state index is 0.342. The molecule has 1 aromatic carbocycles. The van der Waals surface area contributed by atoms with Crippen molar-refractivity contribution in [2.24, 2.45) is 0 Å². The van der Waals surface area contributed by atoms with E-state index in [0.717, 1.165) is 31.2 Å². The Bertz CT molecular complexity index is 737. The Morgan fingerprint density at radius 1 is 0.963 bits per heavy atom. The number of carbonyl (C=O) groups is 1. The van der Waals surface area contributed by atoms with Gasteiger partial charge >= 0.3 is 5.97 Å². The maximum atomic E-state index is 12.9. The van der Waals surface area contributed by atoms with E-state index >= 15 is 0 Å². The predicted molar refractivity (Wildman–Crippen MR) is 104 cm³/mol. The lowest BCUT2D eigenvalue weighted by Crippen LogP contribution is -2.52. The standard InChI is InChI=1S/C19H29N3O4S/c1-26-19(23)18-8-6-7-17(15-18)16-20-11-13-22(14-12-20)27(24,25)21-9-4-2-3-5-10-21/h6-8,15H,2-5,9-14,16H2,1H3. The first-order chi connectivity index (χ1) is 13.0. The number of rotatable bonds is 5. The highest BCUT2D eigenvalue weighted by atomic mass is 32.2. The van der Waals surface area contributed by atoms with Crippen molar-refractivity contribution in [3.63, 3.8) is 0 Å². The molecule has 2 aliphatic rings. The minimum Gasteiger partial charge on any atom is -0.465 e. The molecule has 3 rings (SSSR count). The van der Waals surface area contributed by atoms with Gasteiger partial charge in [-0.3, -0.25) is 4.90 Å². The molecule has 0 radical (unpaired) electrons. The topological polar surface area (TPSA) is 70.2 Å². The average Bonchev–Trinajstić information content (AvgIpc) is 2.98. The van der Waals surface area contributed by atoms with Gasteiger partial charge in [-0.2, -0.15) is 17.0 Å². The second-order valence-corrected chi connectivity index (χ2v) is 9.12. The summed E-state index contributed by atoms with van der Waals surface area (Å²) >= 11 is 0. The van der Waals surface area contributed by atoms with E-state index in [2.05, 4.69) is 4.90 Å². The smallest absolute Gasteiger partial charge is 0.337 e. The van der Waals surface area contributed by atoms with Crippen LogP contribution < -0.4 is 0 Å². The lowest BCUT2D eigenvalue weighted by Gasteiger charge is -2.36. The molecule has 27 heavy (non-hydrogen) atoms. The zero-order chi connectivity index (χ0) is 19.3. The van der Waals surface area contributed by atoms with Gasteiger partial charge in [0, 0.05) is 45.8 Å². The fourth-order valence-electron chi connectivity index (χ4n) is 3.73. The van der Waals surface area contributed by atoms with Crippen molar-refractivity contribution < 1.29 is 17.9 Å². The normalized spacial score (nSPS) is 20.9. The number of nitrogens with zero attached hydrogens (tertiary/aromatic N) is 3. The van der Waals surface area contributed by atoms with Crippen LogP contribution in [0.5, 0.6) is 0 Å². The highest BCUT2D eigenvalue weighted by Gasteiger charge is 2.32. The third-order valence-electron chi connectivity index (χ3n) is 5.30. The molecule has 150 valence electrons. The number of carbonyl (C=O) groups excluding carboxylic acids is 1. The van der Waals surface area contributed by atoms with Crippen molar-refractivity contribution >= 4 is 16.2 Å². The molecule has 2 fully saturated rings. The molecule has 2 heterocycles. The molecule has 0 aromatic heterocycles. The molecule has 0 N–H and O–H groups in total. The molecule has 0 bridgehead atoms. The van der Waals surface area contributed by atoms with Crippen molar-refractivity contribution in [3.8, 4) is 0 Å². The Hall–Kier alpha value is -1.48. The van der Waals surface area contributed by atoms with E-state index in [1.165, 1.54) is 7.11 Å². The largest absolute Gasteiger partial charge is 0.465 e. The summed E-state index contributed by atoms with van der Waals surface area (Å²) in [4.78, 5) is 13.9. The van der Waals surface area contributed by atoms with Gasteiger partial charge in [-0.15, -0.1) is 0 Å². The van der Waals surface area contributed by atoms with Crippen molar-refractivity contribution in [2.45, 2.75) is 32.2 Å². The fourth-order valence-corrected chi connectivity index (χ4v) is 5.40. The molecule has 1 aromatic rings. The second kappa shape index (κ2) is 9.14. The summed E-state index contributed by atoms with van der Waals surface area (Å²) in [6, 6.07) is 7.40. The van der Waals surface area contributed by atoms with Gasteiger partial charge in [0.1, 0.15) is 0 Å². The molecular weight excluding hydrogens is 366 g/mol. The van der Waals surface area contributed by atoms with Crippen molar-refractivity contribution in [2.75, 3.05) is 46.4 Å². The van der Waals surface area contributed by atoms with E-state index in [1.807, 2.05) is 18.2 Å². The first-order valence-electron chi connectivity index (χ1n) is 9.65. The quantitative estimate of drug-likeness (QED) is 0.710. The molecule has 7 nitrogen and oxygen atoms in total. The Morgan fingerprint density at radius 3 is 2.22 bits per heavy atom. The van der Waals surface area contributed by atoms with E-state index in [1.54, 1.807) is 14.7 Å². The maximum Gasteiger partial charge on any atom is 0.337 e. The van der Waals surface area contributed by atoms with Crippen molar-refractivity contribution in [1.82, 2.24) is 13.5 Å².